The number of halogens is 5. The Morgan fingerprint density at radius 1 is 1.06 bits per heavy atom. The minimum absolute atomic E-state index is 0.0351. The van der Waals surface area contributed by atoms with E-state index < -0.39 is 46.3 Å². The van der Waals surface area contributed by atoms with Crippen molar-refractivity contribution in [1.82, 2.24) is 20.2 Å². The lowest BCUT2D eigenvalue weighted by Crippen LogP contribution is -2.20. The largest absolute Gasteiger partial charge is 0.480 e. The molecule has 0 saturated carbocycles. The highest BCUT2D eigenvalue weighted by molar-refractivity contribution is 5.99. The highest BCUT2D eigenvalue weighted by Crippen LogP contribution is 2.40. The van der Waals surface area contributed by atoms with Crippen molar-refractivity contribution in [2.45, 2.75) is 6.18 Å². The molecule has 9 nitrogen and oxygen atoms in total. The lowest BCUT2D eigenvalue weighted by atomic mass is 10.2. The number of H-pyrrole nitrogens is 1. The molecule has 0 aliphatic carbocycles. The Labute approximate surface area is 186 Å². The van der Waals surface area contributed by atoms with Crippen molar-refractivity contribution in [3.05, 3.63) is 59.9 Å². The first-order chi connectivity index (χ1) is 16.2. The average Bonchev–Trinajstić information content (AvgIpc) is 3.22. The van der Waals surface area contributed by atoms with Crippen molar-refractivity contribution in [2.24, 2.45) is 0 Å². The van der Waals surface area contributed by atoms with E-state index >= 15 is 0 Å². The molecule has 0 aliphatic rings. The molecule has 3 heterocycles. The lowest BCUT2D eigenvalue weighted by Gasteiger charge is -2.13. The first kappa shape index (κ1) is 22.7. The van der Waals surface area contributed by atoms with E-state index in [1.807, 2.05) is 0 Å². The zero-order chi connectivity index (χ0) is 24.5. The van der Waals surface area contributed by atoms with Gasteiger partial charge in [-0.05, 0) is 12.1 Å². The minimum Gasteiger partial charge on any atom is -0.480 e. The average molecular weight is 480 g/mol. The smallest absolute Gasteiger partial charge is 0.418 e. The number of anilines is 2. The number of urea groups is 1. The van der Waals surface area contributed by atoms with Crippen LogP contribution in [0.3, 0.4) is 0 Å². The third kappa shape index (κ3) is 4.65. The maximum atomic E-state index is 14.6. The number of methoxy groups -OCH3 is 1. The van der Waals surface area contributed by atoms with Crippen LogP contribution in [0.4, 0.5) is 38.3 Å². The Bertz CT molecular complexity index is 1330. The Morgan fingerprint density at radius 3 is 2.41 bits per heavy atom. The predicted molar refractivity (Wildman–Crippen MR) is 109 cm³/mol. The number of nitrogens with zero attached hydrogens (tertiary/aromatic N) is 3. The number of fused-ring (bicyclic) bond motifs is 1. The lowest BCUT2D eigenvalue weighted by molar-refractivity contribution is -0.136. The molecule has 14 heteroatoms. The van der Waals surface area contributed by atoms with Gasteiger partial charge in [0.2, 0.25) is 5.88 Å². The van der Waals surface area contributed by atoms with E-state index in [1.54, 1.807) is 0 Å². The van der Waals surface area contributed by atoms with Crippen LogP contribution in [0.5, 0.6) is 17.4 Å². The third-order valence-electron chi connectivity index (χ3n) is 4.40. The predicted octanol–water partition coefficient (Wildman–Crippen LogP) is 5.09. The van der Waals surface area contributed by atoms with Gasteiger partial charge in [0.05, 0.1) is 18.1 Å². The van der Waals surface area contributed by atoms with E-state index in [-0.39, 0.29) is 23.0 Å². The molecule has 176 valence electrons. The number of hydrogen-bond donors (Lipinski definition) is 3. The molecule has 3 aromatic heterocycles. The fraction of sp³-hybridized carbons (Fsp3) is 0.100. The maximum Gasteiger partial charge on any atom is 0.418 e. The zero-order valence-corrected chi connectivity index (χ0v) is 17.0. The highest BCUT2D eigenvalue weighted by Gasteiger charge is 2.35. The molecule has 0 unspecified atom stereocenters. The Morgan fingerprint density at radius 2 is 1.79 bits per heavy atom. The number of ether oxygens (including phenoxy) is 2. The number of hydrogen-bond acceptors (Lipinski definition) is 6. The van der Waals surface area contributed by atoms with Crippen LogP contribution in [-0.2, 0) is 6.18 Å². The molecule has 0 bridgehead atoms. The second-order valence-corrected chi connectivity index (χ2v) is 6.64. The van der Waals surface area contributed by atoms with Crippen molar-refractivity contribution >= 4 is 28.6 Å². The number of amides is 2. The van der Waals surface area contributed by atoms with Crippen LogP contribution in [-0.4, -0.2) is 33.3 Å². The SMILES string of the molecule is COc1ccc(NC(=O)Nc2cc(F)c(Oc3ccnc4[nH]cc(C(F)(F)F)c34)c(F)c2)nn1. The summed E-state index contributed by atoms with van der Waals surface area (Å²) in [5.74, 6) is -3.73. The fourth-order valence-corrected chi connectivity index (χ4v) is 2.95. The second kappa shape index (κ2) is 8.80. The summed E-state index contributed by atoms with van der Waals surface area (Å²) in [5.41, 5.74) is -1.58. The number of nitrogens with one attached hydrogen (secondary N) is 3. The molecule has 3 N–H and O–H groups in total. The van der Waals surface area contributed by atoms with Crippen molar-refractivity contribution in [2.75, 3.05) is 17.7 Å². The summed E-state index contributed by atoms with van der Waals surface area (Å²) in [6, 6.07) is 4.44. The molecule has 2 amide bonds. The van der Waals surface area contributed by atoms with Crippen LogP contribution in [0.25, 0.3) is 11.0 Å². The molecule has 0 fully saturated rings. The standard InChI is InChI=1S/C20H13F5N6O3/c1-33-15-3-2-14(30-31-15)29-19(32)28-9-6-11(21)17(12(22)7-9)34-13-4-5-26-18-16(13)10(8-27-18)20(23,24)25/h2-8H,1H3,(H,26,27)(H2,28,29,30,32). The van der Waals surface area contributed by atoms with Crippen molar-refractivity contribution in [3.8, 4) is 17.4 Å². The van der Waals surface area contributed by atoms with Gasteiger partial charge in [0, 0.05) is 36.3 Å². The molecule has 0 saturated heterocycles. The fourth-order valence-electron chi connectivity index (χ4n) is 2.95. The Kier molecular flexibility index (Phi) is 5.88. The summed E-state index contributed by atoms with van der Waals surface area (Å²) in [5, 5.41) is 11.3. The molecule has 34 heavy (non-hydrogen) atoms. The Balaban J connectivity index is 1.55. The number of carbonyl (C=O) groups is 1. The van der Waals surface area contributed by atoms with Gasteiger partial charge in [-0.15, -0.1) is 10.2 Å². The van der Waals surface area contributed by atoms with E-state index in [9.17, 15) is 26.7 Å². The van der Waals surface area contributed by atoms with Gasteiger partial charge in [-0.2, -0.15) is 13.2 Å². The van der Waals surface area contributed by atoms with Gasteiger partial charge in [0.25, 0.3) is 0 Å². The number of aromatic amines is 1. The molecular weight excluding hydrogens is 467 g/mol. The van der Waals surface area contributed by atoms with Gasteiger partial charge in [-0.25, -0.2) is 18.6 Å². The summed E-state index contributed by atoms with van der Waals surface area (Å²) < 4.78 is 79.0. The zero-order valence-electron chi connectivity index (χ0n) is 17.0. The third-order valence-corrected chi connectivity index (χ3v) is 4.40. The molecular formula is C20H13F5N6O3. The molecule has 1 aromatic carbocycles. The van der Waals surface area contributed by atoms with E-state index in [2.05, 4.69) is 30.8 Å². The van der Waals surface area contributed by atoms with Crippen LogP contribution in [0.1, 0.15) is 5.56 Å². The summed E-state index contributed by atoms with van der Waals surface area (Å²) in [6.45, 7) is 0. The number of pyridine rings is 1. The van der Waals surface area contributed by atoms with Gasteiger partial charge >= 0.3 is 12.2 Å². The summed E-state index contributed by atoms with van der Waals surface area (Å²) in [7, 11) is 1.38. The minimum atomic E-state index is -4.76. The van der Waals surface area contributed by atoms with Gasteiger partial charge in [0.1, 0.15) is 11.4 Å². The first-order valence-electron chi connectivity index (χ1n) is 9.31. The van der Waals surface area contributed by atoms with Crippen LogP contribution in [0.15, 0.2) is 42.7 Å². The van der Waals surface area contributed by atoms with E-state index in [1.165, 1.54) is 19.2 Å². The monoisotopic (exact) mass is 480 g/mol. The molecule has 4 aromatic rings. The number of benzene rings is 1. The Hall–Kier alpha value is -4.49. The van der Waals surface area contributed by atoms with E-state index in [4.69, 9.17) is 9.47 Å². The molecule has 4 rings (SSSR count). The topological polar surface area (TPSA) is 114 Å². The molecule has 0 spiro atoms. The maximum absolute atomic E-state index is 14.6. The van der Waals surface area contributed by atoms with Gasteiger partial charge in [-0.1, -0.05) is 0 Å². The van der Waals surface area contributed by atoms with Crippen molar-refractivity contribution < 1.29 is 36.2 Å². The summed E-state index contributed by atoms with van der Waals surface area (Å²) in [4.78, 5) is 18.2. The van der Waals surface area contributed by atoms with Crippen molar-refractivity contribution in [3.63, 3.8) is 0 Å². The molecule has 0 aliphatic heterocycles. The first-order valence-corrected chi connectivity index (χ1v) is 9.31. The number of alkyl halides is 3. The van der Waals surface area contributed by atoms with Crippen molar-refractivity contribution in [1.29, 1.82) is 0 Å². The van der Waals surface area contributed by atoms with Gasteiger partial charge in [0.15, 0.2) is 23.2 Å². The van der Waals surface area contributed by atoms with Crippen LogP contribution in [0.2, 0.25) is 0 Å². The van der Waals surface area contributed by atoms with Crippen LogP contribution < -0.4 is 20.1 Å². The second-order valence-electron chi connectivity index (χ2n) is 6.64. The summed E-state index contributed by atoms with van der Waals surface area (Å²) in [6.07, 6.45) is -2.96. The number of rotatable bonds is 5. The molecule has 0 radical (unpaired) electrons. The van der Waals surface area contributed by atoms with Crippen LogP contribution in [0, 0.1) is 11.6 Å². The van der Waals surface area contributed by atoms with E-state index in [0.29, 0.717) is 6.20 Å². The van der Waals surface area contributed by atoms with Gasteiger partial charge < -0.3 is 19.8 Å². The normalized spacial score (nSPS) is 11.4. The number of carbonyl (C=O) groups excluding carboxylic acids is 1. The summed E-state index contributed by atoms with van der Waals surface area (Å²) >= 11 is 0. The molecule has 0 atom stereocenters. The highest BCUT2D eigenvalue weighted by atomic mass is 19.4. The van der Waals surface area contributed by atoms with Crippen LogP contribution >= 0.6 is 0 Å². The quantitative estimate of drug-likeness (QED) is 0.343. The van der Waals surface area contributed by atoms with E-state index in [0.717, 1.165) is 24.4 Å². The number of aromatic nitrogens is 4. The van der Waals surface area contributed by atoms with Gasteiger partial charge in [-0.3, -0.25) is 5.32 Å².